The van der Waals surface area contributed by atoms with Crippen LogP contribution < -0.4 is 5.32 Å². The second kappa shape index (κ2) is 7.00. The second-order valence-corrected chi connectivity index (χ2v) is 5.58. The van der Waals surface area contributed by atoms with Crippen LogP contribution in [0.3, 0.4) is 0 Å². The van der Waals surface area contributed by atoms with Crippen LogP contribution in [0, 0.1) is 0 Å². The molecule has 0 saturated carbocycles. The van der Waals surface area contributed by atoms with Gasteiger partial charge in [-0.05, 0) is 30.7 Å². The molecule has 128 valence electrons. The van der Waals surface area contributed by atoms with E-state index in [0.29, 0.717) is 17.8 Å². The summed E-state index contributed by atoms with van der Waals surface area (Å²) < 4.78 is 3.03. The molecule has 25 heavy (non-hydrogen) atoms. The Hall–Kier alpha value is -3.42. The molecule has 2 aromatic heterocycles. The van der Waals surface area contributed by atoms with Crippen LogP contribution in [0.2, 0.25) is 0 Å². The average Bonchev–Trinajstić information content (AvgIpc) is 3.26. The van der Waals surface area contributed by atoms with E-state index in [1.807, 2.05) is 30.5 Å². The summed E-state index contributed by atoms with van der Waals surface area (Å²) in [7, 11) is 0. The van der Waals surface area contributed by atoms with E-state index < -0.39 is 12.0 Å². The number of nitrogens with zero attached hydrogens (tertiary/aromatic N) is 4. The Bertz CT molecular complexity index is 885. The van der Waals surface area contributed by atoms with Gasteiger partial charge in [-0.2, -0.15) is 10.2 Å². The molecule has 0 saturated heterocycles. The van der Waals surface area contributed by atoms with E-state index in [9.17, 15) is 9.59 Å². The summed E-state index contributed by atoms with van der Waals surface area (Å²) >= 11 is 0. The van der Waals surface area contributed by atoms with Gasteiger partial charge >= 0.3 is 5.97 Å². The third-order valence-corrected chi connectivity index (χ3v) is 3.71. The van der Waals surface area contributed by atoms with E-state index in [2.05, 4.69) is 15.5 Å². The maximum Gasteiger partial charge on any atom is 0.328 e. The molecule has 0 fully saturated rings. The van der Waals surface area contributed by atoms with Gasteiger partial charge in [0.05, 0.1) is 18.3 Å². The van der Waals surface area contributed by atoms with Crippen LogP contribution in [-0.2, 0) is 11.3 Å². The number of hydrogen-bond acceptors (Lipinski definition) is 4. The summed E-state index contributed by atoms with van der Waals surface area (Å²) in [5.74, 6) is -1.36. The number of hydrogen-bond donors (Lipinski definition) is 2. The molecule has 8 heteroatoms. The first-order valence-corrected chi connectivity index (χ1v) is 7.67. The molecule has 0 aliphatic carbocycles. The van der Waals surface area contributed by atoms with Crippen molar-refractivity contribution in [2.45, 2.75) is 19.5 Å². The van der Waals surface area contributed by atoms with Crippen LogP contribution in [0.4, 0.5) is 5.69 Å². The van der Waals surface area contributed by atoms with Crippen molar-refractivity contribution in [2.75, 3.05) is 5.32 Å². The Morgan fingerprint density at radius 1 is 1.28 bits per heavy atom. The number of benzene rings is 1. The number of anilines is 1. The lowest BCUT2D eigenvalue weighted by molar-refractivity contribution is -0.140. The fourth-order valence-corrected chi connectivity index (χ4v) is 2.31. The van der Waals surface area contributed by atoms with E-state index in [4.69, 9.17) is 5.11 Å². The van der Waals surface area contributed by atoms with Gasteiger partial charge in [0.25, 0.3) is 5.91 Å². The number of carboxylic acid groups (broad SMARTS) is 1. The Morgan fingerprint density at radius 2 is 2.12 bits per heavy atom. The number of carbonyl (C=O) groups is 2. The summed E-state index contributed by atoms with van der Waals surface area (Å²) in [6.45, 7) is 2.10. The van der Waals surface area contributed by atoms with Gasteiger partial charge in [-0.1, -0.05) is 12.1 Å². The molecule has 3 aromatic rings. The average molecular weight is 339 g/mol. The first kappa shape index (κ1) is 16.4. The SMILES string of the molecule is CC(C(=O)O)n1cc(C(=O)Nc2cccc(Cn3cccn3)c2)cn1. The molecule has 2 heterocycles. The highest BCUT2D eigenvalue weighted by Gasteiger charge is 2.16. The molecule has 2 N–H and O–H groups in total. The third kappa shape index (κ3) is 3.92. The van der Waals surface area contributed by atoms with Crippen molar-refractivity contribution < 1.29 is 14.7 Å². The number of rotatable bonds is 6. The zero-order chi connectivity index (χ0) is 17.8. The van der Waals surface area contributed by atoms with Crippen molar-refractivity contribution in [1.29, 1.82) is 0 Å². The third-order valence-electron chi connectivity index (χ3n) is 3.71. The van der Waals surface area contributed by atoms with Crippen molar-refractivity contribution in [3.63, 3.8) is 0 Å². The Labute approximate surface area is 143 Å². The lowest BCUT2D eigenvalue weighted by Gasteiger charge is -2.07. The molecule has 0 aliphatic rings. The van der Waals surface area contributed by atoms with Crippen molar-refractivity contribution in [3.05, 3.63) is 66.2 Å². The molecular formula is C17H17N5O3. The minimum absolute atomic E-state index is 0.297. The lowest BCUT2D eigenvalue weighted by atomic mass is 10.2. The normalized spacial score (nSPS) is 11.9. The van der Waals surface area contributed by atoms with Gasteiger partial charge in [-0.25, -0.2) is 4.79 Å². The molecule has 1 atom stereocenters. The standard InChI is InChI=1S/C17H17N5O3/c1-12(17(24)25)22-11-14(9-19-22)16(23)20-15-5-2-4-13(8-15)10-21-7-3-6-18-21/h2-9,11-12H,10H2,1H3,(H,20,23)(H,24,25). The monoisotopic (exact) mass is 339 g/mol. The van der Waals surface area contributed by atoms with Crippen LogP contribution in [0.1, 0.15) is 28.9 Å². The first-order valence-electron chi connectivity index (χ1n) is 7.67. The van der Waals surface area contributed by atoms with Gasteiger partial charge in [0.2, 0.25) is 0 Å². The molecule has 1 unspecified atom stereocenters. The summed E-state index contributed by atoms with van der Waals surface area (Å²) in [6, 6.07) is 8.47. The highest BCUT2D eigenvalue weighted by atomic mass is 16.4. The summed E-state index contributed by atoms with van der Waals surface area (Å²) in [5, 5.41) is 19.9. The molecule has 1 amide bonds. The number of aliphatic carboxylic acids is 1. The zero-order valence-corrected chi connectivity index (χ0v) is 13.5. The van der Waals surface area contributed by atoms with Crippen molar-refractivity contribution in [3.8, 4) is 0 Å². The van der Waals surface area contributed by atoms with E-state index in [1.165, 1.54) is 24.0 Å². The number of amides is 1. The van der Waals surface area contributed by atoms with Gasteiger partial charge < -0.3 is 10.4 Å². The van der Waals surface area contributed by atoms with Crippen LogP contribution >= 0.6 is 0 Å². The fourth-order valence-electron chi connectivity index (χ4n) is 2.31. The molecule has 8 nitrogen and oxygen atoms in total. The first-order chi connectivity index (χ1) is 12.0. The van der Waals surface area contributed by atoms with Crippen LogP contribution in [0.25, 0.3) is 0 Å². The lowest BCUT2D eigenvalue weighted by Crippen LogP contribution is -2.16. The number of carboxylic acids is 1. The minimum Gasteiger partial charge on any atom is -0.480 e. The smallest absolute Gasteiger partial charge is 0.328 e. The number of nitrogens with one attached hydrogen (secondary N) is 1. The molecule has 0 radical (unpaired) electrons. The van der Waals surface area contributed by atoms with Crippen LogP contribution in [0.15, 0.2) is 55.1 Å². The summed E-state index contributed by atoms with van der Waals surface area (Å²) in [6.07, 6.45) is 6.34. The molecule has 0 spiro atoms. The zero-order valence-electron chi connectivity index (χ0n) is 13.5. The van der Waals surface area contributed by atoms with E-state index in [-0.39, 0.29) is 5.91 Å². The van der Waals surface area contributed by atoms with Crippen molar-refractivity contribution in [1.82, 2.24) is 19.6 Å². The second-order valence-electron chi connectivity index (χ2n) is 5.58. The largest absolute Gasteiger partial charge is 0.480 e. The molecule has 0 aliphatic heterocycles. The Balaban J connectivity index is 1.70. The van der Waals surface area contributed by atoms with Crippen molar-refractivity contribution >= 4 is 17.6 Å². The summed E-state index contributed by atoms with van der Waals surface area (Å²) in [4.78, 5) is 23.3. The van der Waals surface area contributed by atoms with Crippen molar-refractivity contribution in [2.24, 2.45) is 0 Å². The minimum atomic E-state index is -1.01. The van der Waals surface area contributed by atoms with E-state index in [1.54, 1.807) is 16.9 Å². The predicted octanol–water partition coefficient (Wildman–Crippen LogP) is 2.03. The quantitative estimate of drug-likeness (QED) is 0.715. The molecular weight excluding hydrogens is 322 g/mol. The van der Waals surface area contributed by atoms with Gasteiger partial charge in [0.1, 0.15) is 6.04 Å². The summed E-state index contributed by atoms with van der Waals surface area (Å²) in [5.41, 5.74) is 1.94. The van der Waals surface area contributed by atoms with Gasteiger partial charge in [-0.3, -0.25) is 14.2 Å². The highest BCUT2D eigenvalue weighted by Crippen LogP contribution is 2.14. The topological polar surface area (TPSA) is 102 Å². The van der Waals surface area contributed by atoms with Crippen LogP contribution in [-0.4, -0.2) is 36.5 Å². The molecule has 3 rings (SSSR count). The fraction of sp³-hybridized carbons (Fsp3) is 0.176. The Morgan fingerprint density at radius 3 is 2.84 bits per heavy atom. The van der Waals surface area contributed by atoms with E-state index in [0.717, 1.165) is 5.56 Å². The maximum atomic E-state index is 12.3. The Kier molecular flexibility index (Phi) is 4.60. The predicted molar refractivity (Wildman–Crippen MR) is 90.3 cm³/mol. The maximum absolute atomic E-state index is 12.3. The van der Waals surface area contributed by atoms with E-state index >= 15 is 0 Å². The number of aromatic nitrogens is 4. The molecule has 0 bridgehead atoms. The van der Waals surface area contributed by atoms with Gasteiger partial charge in [0, 0.05) is 24.3 Å². The number of carbonyl (C=O) groups excluding carboxylic acids is 1. The highest BCUT2D eigenvalue weighted by molar-refractivity contribution is 6.04. The van der Waals surface area contributed by atoms with Gasteiger partial charge in [0.15, 0.2) is 0 Å². The molecule has 1 aromatic carbocycles. The van der Waals surface area contributed by atoms with Crippen LogP contribution in [0.5, 0.6) is 0 Å². The van der Waals surface area contributed by atoms with Gasteiger partial charge in [-0.15, -0.1) is 0 Å².